The van der Waals surface area contributed by atoms with Gasteiger partial charge in [0, 0.05) is 17.1 Å². The summed E-state index contributed by atoms with van der Waals surface area (Å²) in [5, 5.41) is 3.66. The van der Waals surface area contributed by atoms with Crippen LogP contribution in [0.2, 0.25) is 0 Å². The van der Waals surface area contributed by atoms with E-state index in [1.807, 2.05) is 25.1 Å². The molecule has 25 heavy (non-hydrogen) atoms. The van der Waals surface area contributed by atoms with Crippen LogP contribution in [0.25, 0.3) is 10.9 Å². The monoisotopic (exact) mass is 355 g/mol. The van der Waals surface area contributed by atoms with Gasteiger partial charge < -0.3 is 5.32 Å². The van der Waals surface area contributed by atoms with Gasteiger partial charge in [-0.05, 0) is 43.8 Å². The van der Waals surface area contributed by atoms with Crippen molar-refractivity contribution in [2.75, 3.05) is 12.4 Å². The number of pyridine rings is 1. The summed E-state index contributed by atoms with van der Waals surface area (Å²) in [6.45, 7) is 1.95. The van der Waals surface area contributed by atoms with Crippen LogP contribution in [-0.4, -0.2) is 26.4 Å². The highest BCUT2D eigenvalue weighted by Crippen LogP contribution is 2.24. The van der Waals surface area contributed by atoms with Crippen molar-refractivity contribution in [2.24, 2.45) is 0 Å². The summed E-state index contributed by atoms with van der Waals surface area (Å²) in [6, 6.07) is 13.3. The number of nitrogens with one attached hydrogen (secondary N) is 2. The van der Waals surface area contributed by atoms with E-state index in [0.717, 1.165) is 16.5 Å². The largest absolute Gasteiger partial charge is 0.321 e. The zero-order valence-corrected chi connectivity index (χ0v) is 14.6. The number of carbonyl (C=O) groups excluding carboxylic acids is 1. The molecule has 2 N–H and O–H groups in total. The summed E-state index contributed by atoms with van der Waals surface area (Å²) in [4.78, 5) is 16.9. The second kappa shape index (κ2) is 6.62. The lowest BCUT2D eigenvalue weighted by molar-refractivity contribution is 0.102. The highest BCUT2D eigenvalue weighted by Gasteiger charge is 2.15. The predicted molar refractivity (Wildman–Crippen MR) is 97.1 cm³/mol. The molecule has 1 aromatic heterocycles. The number of hydrogen-bond acceptors (Lipinski definition) is 4. The number of aryl methyl sites for hydroxylation is 1. The molecule has 0 saturated heterocycles. The normalized spacial score (nSPS) is 11.4. The Kier molecular flexibility index (Phi) is 4.52. The van der Waals surface area contributed by atoms with Crippen LogP contribution in [0.5, 0.6) is 0 Å². The molecule has 3 aromatic rings. The summed E-state index contributed by atoms with van der Waals surface area (Å²) in [5.74, 6) is -0.387. The lowest BCUT2D eigenvalue weighted by Gasteiger charge is -2.10. The van der Waals surface area contributed by atoms with Gasteiger partial charge >= 0.3 is 0 Å². The number of rotatable bonds is 4. The number of nitrogens with zero attached hydrogens (tertiary/aromatic N) is 1. The second-order valence-electron chi connectivity index (χ2n) is 5.52. The van der Waals surface area contributed by atoms with E-state index in [0.29, 0.717) is 5.69 Å². The van der Waals surface area contributed by atoms with Crippen LogP contribution in [0.4, 0.5) is 5.69 Å². The van der Waals surface area contributed by atoms with Crippen molar-refractivity contribution in [1.29, 1.82) is 0 Å². The standard InChI is InChI=1S/C18H17N3O3S/c1-12-5-3-8-15-16(9-10-20-17(12)15)21-18(22)13-6-4-7-14(11-13)25(23,24)19-2/h3-11,19H,1-2H3,(H,20,21,22). The van der Waals surface area contributed by atoms with Crippen molar-refractivity contribution < 1.29 is 13.2 Å². The molecular weight excluding hydrogens is 338 g/mol. The first-order valence-electron chi connectivity index (χ1n) is 7.61. The van der Waals surface area contributed by atoms with E-state index in [4.69, 9.17) is 0 Å². The van der Waals surface area contributed by atoms with E-state index >= 15 is 0 Å². The maximum absolute atomic E-state index is 12.6. The number of amides is 1. The predicted octanol–water partition coefficient (Wildman–Crippen LogP) is 2.70. The van der Waals surface area contributed by atoms with Gasteiger partial charge in [0.05, 0.1) is 16.1 Å². The third kappa shape index (κ3) is 3.38. The number of carbonyl (C=O) groups is 1. The van der Waals surface area contributed by atoms with Crippen molar-refractivity contribution in [2.45, 2.75) is 11.8 Å². The molecule has 128 valence electrons. The molecular formula is C18H17N3O3S. The average Bonchev–Trinajstić information content (AvgIpc) is 2.62. The van der Waals surface area contributed by atoms with Gasteiger partial charge in [0.1, 0.15) is 0 Å². The molecule has 0 aliphatic carbocycles. The van der Waals surface area contributed by atoms with E-state index in [1.165, 1.54) is 25.2 Å². The van der Waals surface area contributed by atoms with E-state index in [9.17, 15) is 13.2 Å². The van der Waals surface area contributed by atoms with Crippen molar-refractivity contribution in [3.63, 3.8) is 0 Å². The maximum atomic E-state index is 12.6. The summed E-state index contributed by atoms with van der Waals surface area (Å²) in [5.41, 5.74) is 2.71. The molecule has 0 atom stereocenters. The minimum Gasteiger partial charge on any atom is -0.321 e. The second-order valence-corrected chi connectivity index (χ2v) is 7.41. The number of sulfonamides is 1. The fourth-order valence-corrected chi connectivity index (χ4v) is 3.33. The molecule has 0 saturated carbocycles. The number of fused-ring (bicyclic) bond motifs is 1. The number of hydrogen-bond donors (Lipinski definition) is 2. The molecule has 6 nitrogen and oxygen atoms in total. The van der Waals surface area contributed by atoms with Crippen molar-refractivity contribution in [3.8, 4) is 0 Å². The van der Waals surface area contributed by atoms with Gasteiger partial charge in [0.15, 0.2) is 0 Å². The summed E-state index contributed by atoms with van der Waals surface area (Å²) < 4.78 is 26.0. The first-order valence-corrected chi connectivity index (χ1v) is 9.10. The van der Waals surface area contributed by atoms with Crippen molar-refractivity contribution >= 4 is 32.5 Å². The molecule has 0 bridgehead atoms. The number of para-hydroxylation sites is 1. The zero-order chi connectivity index (χ0) is 18.0. The maximum Gasteiger partial charge on any atom is 0.255 e. The van der Waals surface area contributed by atoms with Crippen LogP contribution in [0.15, 0.2) is 59.6 Å². The lowest BCUT2D eigenvalue weighted by atomic mass is 10.1. The van der Waals surface area contributed by atoms with Gasteiger partial charge in [-0.1, -0.05) is 24.3 Å². The van der Waals surface area contributed by atoms with Crippen molar-refractivity contribution in [1.82, 2.24) is 9.71 Å². The molecule has 0 spiro atoms. The van der Waals surface area contributed by atoms with Crippen LogP contribution in [-0.2, 0) is 10.0 Å². The van der Waals surface area contributed by atoms with Gasteiger partial charge in [0.25, 0.3) is 5.91 Å². The SMILES string of the molecule is CNS(=O)(=O)c1cccc(C(=O)Nc2ccnc3c(C)cccc23)c1. The van der Waals surface area contributed by atoms with E-state index in [-0.39, 0.29) is 16.4 Å². The van der Waals surface area contributed by atoms with Gasteiger partial charge in [-0.25, -0.2) is 13.1 Å². The van der Waals surface area contributed by atoms with Crippen LogP contribution in [0.1, 0.15) is 15.9 Å². The zero-order valence-electron chi connectivity index (χ0n) is 13.8. The van der Waals surface area contributed by atoms with Gasteiger partial charge in [-0.2, -0.15) is 0 Å². The van der Waals surface area contributed by atoms with Crippen LogP contribution in [0, 0.1) is 6.92 Å². The molecule has 7 heteroatoms. The molecule has 0 aliphatic rings. The smallest absolute Gasteiger partial charge is 0.255 e. The van der Waals surface area contributed by atoms with Crippen molar-refractivity contribution in [3.05, 3.63) is 65.9 Å². The fourth-order valence-electron chi connectivity index (χ4n) is 2.55. The topological polar surface area (TPSA) is 88.2 Å². The Bertz CT molecular complexity index is 1060. The minimum atomic E-state index is -3.61. The molecule has 1 amide bonds. The summed E-state index contributed by atoms with van der Waals surface area (Å²) >= 11 is 0. The Balaban J connectivity index is 1.97. The lowest BCUT2D eigenvalue weighted by Crippen LogP contribution is -2.19. The summed E-state index contributed by atoms with van der Waals surface area (Å²) in [7, 11) is -2.28. The average molecular weight is 355 g/mol. The van der Waals surface area contributed by atoms with Gasteiger partial charge in [-0.15, -0.1) is 0 Å². The Morgan fingerprint density at radius 1 is 1.08 bits per heavy atom. The highest BCUT2D eigenvalue weighted by atomic mass is 32.2. The van der Waals surface area contributed by atoms with E-state index < -0.39 is 10.0 Å². The number of benzene rings is 2. The molecule has 0 unspecified atom stereocenters. The Morgan fingerprint density at radius 3 is 2.60 bits per heavy atom. The van der Waals surface area contributed by atoms with E-state index in [2.05, 4.69) is 15.0 Å². The summed E-state index contributed by atoms with van der Waals surface area (Å²) in [6.07, 6.45) is 1.63. The fraction of sp³-hybridized carbons (Fsp3) is 0.111. The van der Waals surface area contributed by atoms with Gasteiger partial charge in [-0.3, -0.25) is 9.78 Å². The third-order valence-electron chi connectivity index (χ3n) is 3.90. The first kappa shape index (κ1) is 17.1. The molecule has 0 aliphatic heterocycles. The third-order valence-corrected chi connectivity index (χ3v) is 5.31. The quantitative estimate of drug-likeness (QED) is 0.753. The van der Waals surface area contributed by atoms with E-state index in [1.54, 1.807) is 18.3 Å². The number of aromatic nitrogens is 1. The Hall–Kier alpha value is -2.77. The number of anilines is 1. The van der Waals surface area contributed by atoms with Crippen LogP contribution in [0.3, 0.4) is 0 Å². The molecule has 0 radical (unpaired) electrons. The van der Waals surface area contributed by atoms with Crippen LogP contribution < -0.4 is 10.0 Å². The first-order chi connectivity index (χ1) is 11.9. The molecule has 1 heterocycles. The Labute approximate surface area is 146 Å². The van der Waals surface area contributed by atoms with Crippen LogP contribution >= 0.6 is 0 Å². The molecule has 2 aromatic carbocycles. The Morgan fingerprint density at radius 2 is 1.84 bits per heavy atom. The highest BCUT2D eigenvalue weighted by molar-refractivity contribution is 7.89. The molecule has 3 rings (SSSR count). The van der Waals surface area contributed by atoms with Gasteiger partial charge in [0.2, 0.25) is 10.0 Å². The minimum absolute atomic E-state index is 0.0399. The molecule has 0 fully saturated rings.